The number of carbonyl (C=O) groups excluding carboxylic acids is 1. The van der Waals surface area contributed by atoms with Crippen molar-refractivity contribution in [1.82, 2.24) is 14.9 Å². The van der Waals surface area contributed by atoms with Gasteiger partial charge in [-0.15, -0.1) is 0 Å². The highest BCUT2D eigenvalue weighted by atomic mass is 19.4. The second-order valence-corrected chi connectivity index (χ2v) is 8.21. The largest absolute Gasteiger partial charge is 0.446 e. The van der Waals surface area contributed by atoms with E-state index in [1.807, 2.05) is 0 Å². The summed E-state index contributed by atoms with van der Waals surface area (Å²) in [4.78, 5) is 23.0. The number of carbonyl (C=O) groups is 1. The number of hydrogen-bond acceptors (Lipinski definition) is 5. The molecule has 1 fully saturated rings. The summed E-state index contributed by atoms with van der Waals surface area (Å²) in [6.45, 7) is 5.39. The zero-order chi connectivity index (χ0) is 22.1. The first kappa shape index (κ1) is 22.3. The molecule has 1 atom stereocenters. The van der Waals surface area contributed by atoms with Crippen molar-refractivity contribution < 1.29 is 27.5 Å². The fraction of sp³-hybridized carbons (Fsp3) is 0.571. The molecule has 0 spiro atoms. The Labute approximate surface area is 173 Å². The highest BCUT2D eigenvalue weighted by Crippen LogP contribution is 2.28. The number of aromatic nitrogens is 2. The zero-order valence-corrected chi connectivity index (χ0v) is 17.3. The lowest BCUT2D eigenvalue weighted by atomic mass is 9.97. The van der Waals surface area contributed by atoms with E-state index in [2.05, 4.69) is 9.97 Å². The van der Waals surface area contributed by atoms with Gasteiger partial charge in [0.1, 0.15) is 17.1 Å². The van der Waals surface area contributed by atoms with Crippen LogP contribution in [0.1, 0.15) is 66.5 Å². The SMILES string of the molecule is Cc1oc(C[C@H]2CCCCN2C(=O)c2cccnc2CC(F)(F)F)nc1C(C)(C)O. The third-order valence-corrected chi connectivity index (χ3v) is 5.21. The van der Waals surface area contributed by atoms with Crippen molar-refractivity contribution in [3.63, 3.8) is 0 Å². The number of piperidine rings is 1. The van der Waals surface area contributed by atoms with Crippen LogP contribution in [0.25, 0.3) is 0 Å². The predicted molar refractivity (Wildman–Crippen MR) is 103 cm³/mol. The minimum absolute atomic E-state index is 0.0255. The van der Waals surface area contributed by atoms with Gasteiger partial charge in [0.05, 0.1) is 17.7 Å². The molecule has 3 heterocycles. The molecule has 1 N–H and O–H groups in total. The van der Waals surface area contributed by atoms with Gasteiger partial charge < -0.3 is 14.4 Å². The van der Waals surface area contributed by atoms with Crippen LogP contribution in [0, 0.1) is 6.92 Å². The van der Waals surface area contributed by atoms with Crippen molar-refractivity contribution in [2.24, 2.45) is 0 Å². The Hall–Kier alpha value is -2.42. The lowest BCUT2D eigenvalue weighted by molar-refractivity contribution is -0.127. The number of rotatable bonds is 5. The Morgan fingerprint density at radius 3 is 2.70 bits per heavy atom. The third kappa shape index (κ3) is 5.19. The molecule has 1 aliphatic heterocycles. The number of pyridine rings is 1. The first-order chi connectivity index (χ1) is 14.0. The summed E-state index contributed by atoms with van der Waals surface area (Å²) in [5, 5.41) is 10.2. The average molecular weight is 425 g/mol. The van der Waals surface area contributed by atoms with E-state index in [0.29, 0.717) is 36.7 Å². The lowest BCUT2D eigenvalue weighted by Gasteiger charge is -2.35. The van der Waals surface area contributed by atoms with Crippen LogP contribution in [0.3, 0.4) is 0 Å². The molecule has 0 unspecified atom stereocenters. The summed E-state index contributed by atoms with van der Waals surface area (Å²) in [7, 11) is 0. The van der Waals surface area contributed by atoms with Crippen LogP contribution in [0.5, 0.6) is 0 Å². The third-order valence-electron chi connectivity index (χ3n) is 5.21. The van der Waals surface area contributed by atoms with Gasteiger partial charge in [0.15, 0.2) is 5.89 Å². The molecule has 1 saturated heterocycles. The van der Waals surface area contributed by atoms with Gasteiger partial charge in [-0.25, -0.2) is 4.98 Å². The Bertz CT molecular complexity index is 903. The molecular weight excluding hydrogens is 399 g/mol. The van der Waals surface area contributed by atoms with E-state index in [1.54, 1.807) is 25.7 Å². The van der Waals surface area contributed by atoms with Crippen molar-refractivity contribution >= 4 is 5.91 Å². The van der Waals surface area contributed by atoms with Crippen LogP contribution in [0.15, 0.2) is 22.7 Å². The highest BCUT2D eigenvalue weighted by molar-refractivity contribution is 5.95. The monoisotopic (exact) mass is 425 g/mol. The molecular formula is C21H26F3N3O3. The van der Waals surface area contributed by atoms with Crippen LogP contribution in [0.4, 0.5) is 13.2 Å². The van der Waals surface area contributed by atoms with Gasteiger partial charge in [-0.3, -0.25) is 9.78 Å². The topological polar surface area (TPSA) is 79.5 Å². The normalized spacial score (nSPS) is 18.0. The van der Waals surface area contributed by atoms with Crippen LogP contribution < -0.4 is 0 Å². The molecule has 0 aliphatic carbocycles. The summed E-state index contributed by atoms with van der Waals surface area (Å²) < 4.78 is 44.5. The molecule has 0 saturated carbocycles. The van der Waals surface area contributed by atoms with E-state index in [0.717, 1.165) is 12.8 Å². The van der Waals surface area contributed by atoms with Gasteiger partial charge in [-0.1, -0.05) is 0 Å². The standard InChI is InChI=1S/C21H26F3N3O3/c1-13-18(20(2,3)29)26-17(30-13)11-14-7-4-5-10-27(14)19(28)15-8-6-9-25-16(15)12-21(22,23)24/h6,8-9,14,29H,4-5,7,10-12H2,1-3H3/t14-/m1/s1. The second-order valence-electron chi connectivity index (χ2n) is 8.21. The number of hydrogen-bond donors (Lipinski definition) is 1. The highest BCUT2D eigenvalue weighted by Gasteiger charge is 2.35. The molecule has 2 aromatic heterocycles. The molecule has 9 heteroatoms. The minimum Gasteiger partial charge on any atom is -0.446 e. The number of likely N-dealkylation sites (tertiary alicyclic amines) is 1. The van der Waals surface area contributed by atoms with Crippen LogP contribution in [0.2, 0.25) is 0 Å². The Balaban J connectivity index is 1.84. The maximum Gasteiger partial charge on any atom is 0.394 e. The molecule has 0 bridgehead atoms. The van der Waals surface area contributed by atoms with E-state index < -0.39 is 24.1 Å². The van der Waals surface area contributed by atoms with Crippen molar-refractivity contribution in [1.29, 1.82) is 0 Å². The lowest BCUT2D eigenvalue weighted by Crippen LogP contribution is -2.45. The summed E-state index contributed by atoms with van der Waals surface area (Å²) in [6.07, 6.45) is -1.74. The maximum atomic E-state index is 13.2. The van der Waals surface area contributed by atoms with Crippen LogP contribution in [-0.2, 0) is 18.4 Å². The van der Waals surface area contributed by atoms with Gasteiger partial charge in [-0.2, -0.15) is 13.2 Å². The molecule has 2 aromatic rings. The smallest absolute Gasteiger partial charge is 0.394 e. The molecule has 0 aromatic carbocycles. The fourth-order valence-corrected chi connectivity index (χ4v) is 3.91. The summed E-state index contributed by atoms with van der Waals surface area (Å²) >= 11 is 0. The van der Waals surface area contributed by atoms with Crippen molar-refractivity contribution in [2.45, 2.75) is 70.7 Å². The number of aliphatic hydroxyl groups is 1. The first-order valence-electron chi connectivity index (χ1n) is 9.96. The van der Waals surface area contributed by atoms with E-state index in [1.165, 1.54) is 18.3 Å². The predicted octanol–water partition coefficient (Wildman–Crippen LogP) is 3.95. The first-order valence-corrected chi connectivity index (χ1v) is 9.96. The number of nitrogens with zero attached hydrogens (tertiary/aromatic N) is 3. The molecule has 1 amide bonds. The quantitative estimate of drug-likeness (QED) is 0.785. The molecule has 1 aliphatic rings. The Morgan fingerprint density at radius 2 is 2.07 bits per heavy atom. The molecule has 6 nitrogen and oxygen atoms in total. The minimum atomic E-state index is -4.45. The number of aryl methyl sites for hydroxylation is 1. The molecule has 3 rings (SSSR count). The van der Waals surface area contributed by atoms with Gasteiger partial charge in [-0.05, 0) is 52.2 Å². The van der Waals surface area contributed by atoms with Crippen molar-refractivity contribution in [3.8, 4) is 0 Å². The number of amides is 1. The van der Waals surface area contributed by atoms with E-state index >= 15 is 0 Å². The van der Waals surface area contributed by atoms with Gasteiger partial charge >= 0.3 is 6.18 Å². The Morgan fingerprint density at radius 1 is 1.33 bits per heavy atom. The fourth-order valence-electron chi connectivity index (χ4n) is 3.91. The van der Waals surface area contributed by atoms with Crippen LogP contribution >= 0.6 is 0 Å². The van der Waals surface area contributed by atoms with Crippen molar-refractivity contribution in [3.05, 3.63) is 46.9 Å². The zero-order valence-electron chi connectivity index (χ0n) is 17.3. The van der Waals surface area contributed by atoms with Crippen LogP contribution in [-0.4, -0.2) is 44.6 Å². The number of alkyl halides is 3. The van der Waals surface area contributed by atoms with Crippen molar-refractivity contribution in [2.75, 3.05) is 6.54 Å². The molecule has 0 radical (unpaired) electrons. The number of halogens is 3. The molecule has 30 heavy (non-hydrogen) atoms. The average Bonchev–Trinajstić information content (AvgIpc) is 3.01. The van der Waals surface area contributed by atoms with Gasteiger partial charge in [0.2, 0.25) is 0 Å². The second kappa shape index (κ2) is 8.37. The van der Waals surface area contributed by atoms with Gasteiger partial charge in [0.25, 0.3) is 5.91 Å². The number of oxazole rings is 1. The summed E-state index contributed by atoms with van der Waals surface area (Å²) in [6, 6.07) is 2.61. The van der Waals surface area contributed by atoms with E-state index in [-0.39, 0.29) is 17.3 Å². The van der Waals surface area contributed by atoms with E-state index in [4.69, 9.17) is 4.42 Å². The molecule has 164 valence electrons. The maximum absolute atomic E-state index is 13.2. The Kier molecular flexibility index (Phi) is 6.21. The van der Waals surface area contributed by atoms with Gasteiger partial charge in [0, 0.05) is 25.2 Å². The van der Waals surface area contributed by atoms with E-state index in [9.17, 15) is 23.1 Å². The summed E-state index contributed by atoms with van der Waals surface area (Å²) in [5.41, 5.74) is -1.01. The summed E-state index contributed by atoms with van der Waals surface area (Å²) in [5.74, 6) is 0.444.